The zero-order chi connectivity index (χ0) is 15.3. The average Bonchev–Trinajstić information content (AvgIpc) is 2.87. The highest BCUT2D eigenvalue weighted by Crippen LogP contribution is 2.44. The monoisotopic (exact) mass is 295 g/mol. The quantitative estimate of drug-likeness (QED) is 0.816. The Hall–Kier alpha value is -1.06. The molecular formula is C17H29NO3. The second kappa shape index (κ2) is 7.28. The predicted molar refractivity (Wildman–Crippen MR) is 82.0 cm³/mol. The van der Waals surface area contributed by atoms with E-state index in [1.54, 1.807) is 0 Å². The molecule has 21 heavy (non-hydrogen) atoms. The summed E-state index contributed by atoms with van der Waals surface area (Å²) in [5, 5.41) is 9.13. The molecular weight excluding hydrogens is 266 g/mol. The van der Waals surface area contributed by atoms with Gasteiger partial charge in [0.15, 0.2) is 0 Å². The minimum Gasteiger partial charge on any atom is -0.481 e. The van der Waals surface area contributed by atoms with E-state index in [-0.39, 0.29) is 17.7 Å². The fourth-order valence-electron chi connectivity index (χ4n) is 4.18. The first-order valence-corrected chi connectivity index (χ1v) is 8.46. The number of carbonyl (C=O) groups is 2. The molecule has 0 bridgehead atoms. The number of aliphatic carboxylic acids is 1. The molecule has 1 amide bonds. The molecule has 0 aromatic carbocycles. The van der Waals surface area contributed by atoms with Crippen LogP contribution in [0.2, 0.25) is 0 Å². The zero-order valence-electron chi connectivity index (χ0n) is 13.3. The molecule has 0 aliphatic heterocycles. The Labute approximate surface area is 127 Å². The maximum Gasteiger partial charge on any atom is 0.303 e. The SMILES string of the molecule is CN(CC1CCCCC1)C(=O)CC1(CC(=O)O)CCCC1. The Morgan fingerprint density at radius 3 is 2.24 bits per heavy atom. The van der Waals surface area contributed by atoms with Crippen molar-refractivity contribution in [3.05, 3.63) is 0 Å². The lowest BCUT2D eigenvalue weighted by Crippen LogP contribution is -2.36. The van der Waals surface area contributed by atoms with Crippen molar-refractivity contribution in [1.29, 1.82) is 0 Å². The molecule has 0 saturated heterocycles. The van der Waals surface area contributed by atoms with Crippen molar-refractivity contribution in [3.63, 3.8) is 0 Å². The van der Waals surface area contributed by atoms with Crippen LogP contribution in [0.3, 0.4) is 0 Å². The fourth-order valence-corrected chi connectivity index (χ4v) is 4.18. The Bertz CT molecular complexity index is 368. The van der Waals surface area contributed by atoms with E-state index < -0.39 is 5.97 Å². The van der Waals surface area contributed by atoms with E-state index in [1.165, 1.54) is 32.1 Å². The maximum absolute atomic E-state index is 12.5. The minimum atomic E-state index is -0.764. The van der Waals surface area contributed by atoms with Crippen LogP contribution in [0, 0.1) is 11.3 Å². The molecule has 0 aromatic rings. The minimum absolute atomic E-state index is 0.142. The van der Waals surface area contributed by atoms with Crippen molar-refractivity contribution < 1.29 is 14.7 Å². The van der Waals surface area contributed by atoms with Crippen LogP contribution in [-0.4, -0.2) is 35.5 Å². The number of nitrogens with zero attached hydrogens (tertiary/aromatic N) is 1. The Morgan fingerprint density at radius 2 is 1.67 bits per heavy atom. The van der Waals surface area contributed by atoms with Crippen LogP contribution >= 0.6 is 0 Å². The summed E-state index contributed by atoms with van der Waals surface area (Å²) in [6.45, 7) is 0.849. The maximum atomic E-state index is 12.5. The highest BCUT2D eigenvalue weighted by molar-refractivity contribution is 5.78. The molecule has 2 saturated carbocycles. The Kier molecular flexibility index (Phi) is 5.65. The van der Waals surface area contributed by atoms with Crippen molar-refractivity contribution in [2.24, 2.45) is 11.3 Å². The molecule has 0 heterocycles. The van der Waals surface area contributed by atoms with Crippen LogP contribution in [-0.2, 0) is 9.59 Å². The summed E-state index contributed by atoms with van der Waals surface area (Å²) >= 11 is 0. The number of rotatable bonds is 6. The predicted octanol–water partition coefficient (Wildman–Crippen LogP) is 3.45. The third kappa shape index (κ3) is 4.72. The highest BCUT2D eigenvalue weighted by atomic mass is 16.4. The molecule has 120 valence electrons. The standard InChI is InChI=1S/C17H29NO3/c1-18(13-14-7-3-2-4-8-14)15(19)11-17(12-16(20)21)9-5-6-10-17/h14H,2-13H2,1H3,(H,20,21). The van der Waals surface area contributed by atoms with Gasteiger partial charge in [0.25, 0.3) is 0 Å². The van der Waals surface area contributed by atoms with Crippen molar-refractivity contribution in [2.75, 3.05) is 13.6 Å². The fraction of sp³-hybridized carbons (Fsp3) is 0.882. The highest BCUT2D eigenvalue weighted by Gasteiger charge is 2.38. The van der Waals surface area contributed by atoms with E-state index in [9.17, 15) is 9.59 Å². The molecule has 0 radical (unpaired) electrons. The molecule has 2 aliphatic rings. The molecule has 4 nitrogen and oxygen atoms in total. The van der Waals surface area contributed by atoms with Crippen LogP contribution in [0.1, 0.15) is 70.6 Å². The summed E-state index contributed by atoms with van der Waals surface area (Å²) < 4.78 is 0. The van der Waals surface area contributed by atoms with Gasteiger partial charge in [0.05, 0.1) is 6.42 Å². The van der Waals surface area contributed by atoms with Crippen LogP contribution in [0.25, 0.3) is 0 Å². The first-order valence-electron chi connectivity index (χ1n) is 8.46. The molecule has 2 aliphatic carbocycles. The molecule has 0 unspecified atom stereocenters. The summed E-state index contributed by atoms with van der Waals surface area (Å²) in [7, 11) is 1.89. The van der Waals surface area contributed by atoms with Gasteiger partial charge >= 0.3 is 5.97 Å². The molecule has 2 fully saturated rings. The second-order valence-electron chi connectivity index (χ2n) is 7.23. The largest absolute Gasteiger partial charge is 0.481 e. The van der Waals surface area contributed by atoms with Crippen LogP contribution < -0.4 is 0 Å². The first-order chi connectivity index (χ1) is 10.0. The number of hydrogen-bond donors (Lipinski definition) is 1. The van der Waals surface area contributed by atoms with E-state index in [2.05, 4.69) is 0 Å². The van der Waals surface area contributed by atoms with E-state index >= 15 is 0 Å². The van der Waals surface area contributed by atoms with Crippen molar-refractivity contribution in [3.8, 4) is 0 Å². The molecule has 0 spiro atoms. The van der Waals surface area contributed by atoms with Gasteiger partial charge < -0.3 is 10.0 Å². The van der Waals surface area contributed by atoms with Crippen LogP contribution in [0.4, 0.5) is 0 Å². The van der Waals surface area contributed by atoms with Gasteiger partial charge in [-0.05, 0) is 37.0 Å². The van der Waals surface area contributed by atoms with Crippen molar-refractivity contribution in [2.45, 2.75) is 70.6 Å². The van der Waals surface area contributed by atoms with E-state index in [1.807, 2.05) is 11.9 Å². The normalized spacial score (nSPS) is 22.1. The van der Waals surface area contributed by atoms with Gasteiger partial charge in [-0.15, -0.1) is 0 Å². The number of carboxylic acid groups (broad SMARTS) is 1. The summed E-state index contributed by atoms with van der Waals surface area (Å²) in [6, 6.07) is 0. The lowest BCUT2D eigenvalue weighted by molar-refractivity contribution is -0.141. The van der Waals surface area contributed by atoms with E-state index in [0.717, 1.165) is 32.2 Å². The van der Waals surface area contributed by atoms with Gasteiger partial charge in [-0.3, -0.25) is 9.59 Å². The number of carboxylic acids is 1. The van der Waals surface area contributed by atoms with Gasteiger partial charge in [-0.25, -0.2) is 0 Å². The lowest BCUT2D eigenvalue weighted by atomic mass is 9.79. The molecule has 0 aromatic heterocycles. The number of carbonyl (C=O) groups excluding carboxylic acids is 1. The van der Waals surface area contributed by atoms with E-state index in [0.29, 0.717) is 12.3 Å². The molecule has 1 N–H and O–H groups in total. The Balaban J connectivity index is 1.87. The second-order valence-corrected chi connectivity index (χ2v) is 7.23. The summed E-state index contributed by atoms with van der Waals surface area (Å²) in [4.78, 5) is 25.5. The van der Waals surface area contributed by atoms with Gasteiger partial charge in [-0.2, -0.15) is 0 Å². The molecule has 4 heteroatoms. The lowest BCUT2D eigenvalue weighted by Gasteiger charge is -2.31. The third-order valence-electron chi connectivity index (χ3n) is 5.40. The summed E-state index contributed by atoms with van der Waals surface area (Å²) in [5.41, 5.74) is -0.274. The van der Waals surface area contributed by atoms with Gasteiger partial charge in [0, 0.05) is 20.0 Å². The zero-order valence-corrected chi connectivity index (χ0v) is 13.3. The average molecular weight is 295 g/mol. The van der Waals surface area contributed by atoms with Gasteiger partial charge in [0.1, 0.15) is 0 Å². The van der Waals surface area contributed by atoms with Gasteiger partial charge in [0.2, 0.25) is 5.91 Å². The molecule has 2 rings (SSSR count). The number of hydrogen-bond acceptors (Lipinski definition) is 2. The smallest absolute Gasteiger partial charge is 0.303 e. The summed E-state index contributed by atoms with van der Waals surface area (Å²) in [5.74, 6) is 0.0232. The summed E-state index contributed by atoms with van der Waals surface area (Å²) in [6.07, 6.45) is 10.8. The van der Waals surface area contributed by atoms with Crippen molar-refractivity contribution >= 4 is 11.9 Å². The third-order valence-corrected chi connectivity index (χ3v) is 5.40. The van der Waals surface area contributed by atoms with Crippen LogP contribution in [0.5, 0.6) is 0 Å². The molecule has 0 atom stereocenters. The van der Waals surface area contributed by atoms with Crippen LogP contribution in [0.15, 0.2) is 0 Å². The van der Waals surface area contributed by atoms with Crippen molar-refractivity contribution in [1.82, 2.24) is 4.90 Å². The Morgan fingerprint density at radius 1 is 1.05 bits per heavy atom. The topological polar surface area (TPSA) is 57.6 Å². The number of amides is 1. The van der Waals surface area contributed by atoms with Gasteiger partial charge in [-0.1, -0.05) is 32.1 Å². The first kappa shape index (κ1) is 16.3. The van der Waals surface area contributed by atoms with E-state index in [4.69, 9.17) is 5.11 Å².